The van der Waals surface area contributed by atoms with E-state index in [1.54, 1.807) is 0 Å². The Morgan fingerprint density at radius 1 is 1.53 bits per heavy atom. The van der Waals surface area contributed by atoms with E-state index in [9.17, 15) is 0 Å². The number of benzene rings is 1. The van der Waals surface area contributed by atoms with E-state index in [2.05, 4.69) is 25.6 Å². The lowest BCUT2D eigenvalue weighted by Gasteiger charge is -2.22. The molecule has 2 heteroatoms. The second kappa shape index (κ2) is 5.37. The average Bonchev–Trinajstić information content (AvgIpc) is 2.36. The summed E-state index contributed by atoms with van der Waals surface area (Å²) in [5, 5.41) is 0. The van der Waals surface area contributed by atoms with Gasteiger partial charge in [0.1, 0.15) is 12.4 Å². The van der Waals surface area contributed by atoms with Crippen LogP contribution in [0.5, 0.6) is 5.75 Å². The van der Waals surface area contributed by atoms with Crippen LogP contribution < -0.4 is 10.5 Å². The van der Waals surface area contributed by atoms with Gasteiger partial charge in [-0.3, -0.25) is 0 Å². The molecule has 0 bridgehead atoms. The van der Waals surface area contributed by atoms with E-state index in [1.165, 1.54) is 17.5 Å². The summed E-state index contributed by atoms with van der Waals surface area (Å²) in [6.07, 6.45) is 4.36. The van der Waals surface area contributed by atoms with E-state index < -0.39 is 0 Å². The third-order valence-electron chi connectivity index (χ3n) is 3.42. The maximum Gasteiger partial charge on any atom is 0.120 e. The minimum absolute atomic E-state index is 0.207. The van der Waals surface area contributed by atoms with E-state index in [-0.39, 0.29) is 6.04 Å². The number of rotatable bonds is 4. The van der Waals surface area contributed by atoms with Crippen LogP contribution in [0.1, 0.15) is 43.4 Å². The molecule has 0 heterocycles. The summed E-state index contributed by atoms with van der Waals surface area (Å²) >= 11 is 0. The molecule has 1 unspecified atom stereocenters. The Morgan fingerprint density at radius 2 is 2.35 bits per heavy atom. The molecular formula is C15H21NO. The van der Waals surface area contributed by atoms with Crippen LogP contribution in [0.15, 0.2) is 30.4 Å². The standard InChI is InChI=1S/C15H21NO/c1-3-11(2)10-17-13-7-8-14-12(9-13)5-4-6-15(14)16/h7-9,15H,2-6,10,16H2,1H3. The lowest BCUT2D eigenvalue weighted by molar-refractivity contribution is 0.348. The zero-order valence-electron chi connectivity index (χ0n) is 10.5. The van der Waals surface area contributed by atoms with Crippen LogP contribution in [-0.2, 0) is 6.42 Å². The van der Waals surface area contributed by atoms with Gasteiger partial charge in [0.05, 0.1) is 0 Å². The smallest absolute Gasteiger partial charge is 0.120 e. The minimum atomic E-state index is 0.207. The Bertz CT molecular complexity index is 411. The van der Waals surface area contributed by atoms with E-state index in [0.717, 1.165) is 30.6 Å². The fourth-order valence-electron chi connectivity index (χ4n) is 2.21. The number of aryl methyl sites for hydroxylation is 1. The summed E-state index contributed by atoms with van der Waals surface area (Å²) in [4.78, 5) is 0. The largest absolute Gasteiger partial charge is 0.489 e. The first-order valence-corrected chi connectivity index (χ1v) is 6.38. The summed E-state index contributed by atoms with van der Waals surface area (Å²) in [5.74, 6) is 0.937. The molecule has 1 atom stereocenters. The third-order valence-corrected chi connectivity index (χ3v) is 3.42. The third kappa shape index (κ3) is 2.89. The number of hydrogen-bond acceptors (Lipinski definition) is 2. The van der Waals surface area contributed by atoms with Gasteiger partial charge in [0.2, 0.25) is 0 Å². The van der Waals surface area contributed by atoms with Crippen molar-refractivity contribution >= 4 is 0 Å². The molecule has 0 spiro atoms. The van der Waals surface area contributed by atoms with Crippen LogP contribution in [-0.4, -0.2) is 6.61 Å². The van der Waals surface area contributed by atoms with Gasteiger partial charge in [0, 0.05) is 6.04 Å². The van der Waals surface area contributed by atoms with Gasteiger partial charge in [-0.15, -0.1) is 0 Å². The second-order valence-corrected chi connectivity index (χ2v) is 4.75. The maximum atomic E-state index is 6.09. The SMILES string of the molecule is C=C(CC)COc1ccc2c(c1)CCCC2N. The van der Waals surface area contributed by atoms with Gasteiger partial charge >= 0.3 is 0 Å². The molecule has 2 nitrogen and oxygen atoms in total. The molecule has 17 heavy (non-hydrogen) atoms. The van der Waals surface area contributed by atoms with Crippen molar-refractivity contribution in [3.05, 3.63) is 41.5 Å². The Balaban J connectivity index is 2.08. The zero-order valence-corrected chi connectivity index (χ0v) is 10.5. The molecule has 2 N–H and O–H groups in total. The summed E-state index contributed by atoms with van der Waals surface area (Å²) in [6, 6.07) is 6.48. The van der Waals surface area contributed by atoms with Crippen LogP contribution in [0.3, 0.4) is 0 Å². The average molecular weight is 231 g/mol. The Kier molecular flexibility index (Phi) is 3.85. The van der Waals surface area contributed by atoms with Crippen LogP contribution in [0, 0.1) is 0 Å². The molecule has 1 aliphatic carbocycles. The first-order chi connectivity index (χ1) is 8.20. The quantitative estimate of drug-likeness (QED) is 0.806. The Morgan fingerprint density at radius 3 is 3.12 bits per heavy atom. The zero-order chi connectivity index (χ0) is 12.3. The highest BCUT2D eigenvalue weighted by molar-refractivity contribution is 5.39. The molecule has 0 radical (unpaired) electrons. The highest BCUT2D eigenvalue weighted by atomic mass is 16.5. The van der Waals surface area contributed by atoms with Gasteiger partial charge in [0.15, 0.2) is 0 Å². The van der Waals surface area contributed by atoms with Crippen molar-refractivity contribution in [1.29, 1.82) is 0 Å². The van der Waals surface area contributed by atoms with E-state index in [1.807, 2.05) is 6.07 Å². The molecule has 0 fully saturated rings. The van der Waals surface area contributed by atoms with Gasteiger partial charge < -0.3 is 10.5 Å². The van der Waals surface area contributed by atoms with Crippen LogP contribution in [0.25, 0.3) is 0 Å². The molecule has 0 aromatic heterocycles. The first-order valence-electron chi connectivity index (χ1n) is 6.38. The normalized spacial score (nSPS) is 18.6. The van der Waals surface area contributed by atoms with E-state index in [4.69, 9.17) is 10.5 Å². The minimum Gasteiger partial charge on any atom is -0.489 e. The molecule has 0 saturated heterocycles. The van der Waals surface area contributed by atoms with Crippen molar-refractivity contribution in [1.82, 2.24) is 0 Å². The first kappa shape index (κ1) is 12.2. The Hall–Kier alpha value is -1.28. The van der Waals surface area contributed by atoms with Gasteiger partial charge in [0.25, 0.3) is 0 Å². The summed E-state index contributed by atoms with van der Waals surface area (Å²) in [6.45, 7) is 6.65. The predicted octanol–water partition coefficient (Wildman–Crippen LogP) is 3.37. The lowest BCUT2D eigenvalue weighted by Crippen LogP contribution is -2.17. The van der Waals surface area contributed by atoms with Crippen molar-refractivity contribution in [2.45, 2.75) is 38.6 Å². The van der Waals surface area contributed by atoms with Crippen molar-refractivity contribution in [3.63, 3.8) is 0 Å². The van der Waals surface area contributed by atoms with Crippen molar-refractivity contribution in [2.75, 3.05) is 6.61 Å². The predicted molar refractivity (Wildman–Crippen MR) is 71.2 cm³/mol. The molecule has 2 rings (SSSR count). The van der Waals surface area contributed by atoms with E-state index in [0.29, 0.717) is 6.61 Å². The van der Waals surface area contributed by atoms with Gasteiger partial charge in [-0.25, -0.2) is 0 Å². The molecule has 1 aromatic carbocycles. The van der Waals surface area contributed by atoms with Crippen molar-refractivity contribution in [2.24, 2.45) is 5.73 Å². The summed E-state index contributed by atoms with van der Waals surface area (Å²) in [7, 11) is 0. The van der Waals surface area contributed by atoms with Gasteiger partial charge in [-0.2, -0.15) is 0 Å². The number of hydrogen-bond donors (Lipinski definition) is 1. The molecular weight excluding hydrogens is 210 g/mol. The molecule has 0 amide bonds. The van der Waals surface area contributed by atoms with Crippen molar-refractivity contribution in [3.8, 4) is 5.75 Å². The van der Waals surface area contributed by atoms with Crippen LogP contribution in [0.4, 0.5) is 0 Å². The highest BCUT2D eigenvalue weighted by Crippen LogP contribution is 2.30. The molecule has 0 saturated carbocycles. The summed E-state index contributed by atoms with van der Waals surface area (Å²) in [5.41, 5.74) is 9.85. The maximum absolute atomic E-state index is 6.09. The van der Waals surface area contributed by atoms with Gasteiger partial charge in [-0.05, 0) is 54.5 Å². The molecule has 92 valence electrons. The monoisotopic (exact) mass is 231 g/mol. The van der Waals surface area contributed by atoms with Gasteiger partial charge in [-0.1, -0.05) is 19.6 Å². The molecule has 1 aliphatic rings. The highest BCUT2D eigenvalue weighted by Gasteiger charge is 2.16. The topological polar surface area (TPSA) is 35.2 Å². The fraction of sp³-hybridized carbons (Fsp3) is 0.467. The molecule has 0 aliphatic heterocycles. The summed E-state index contributed by atoms with van der Waals surface area (Å²) < 4.78 is 5.72. The second-order valence-electron chi connectivity index (χ2n) is 4.75. The van der Waals surface area contributed by atoms with E-state index >= 15 is 0 Å². The number of nitrogens with two attached hydrogens (primary N) is 1. The fourth-order valence-corrected chi connectivity index (χ4v) is 2.21. The lowest BCUT2D eigenvalue weighted by atomic mass is 9.88. The van der Waals surface area contributed by atoms with Crippen molar-refractivity contribution < 1.29 is 4.74 Å². The number of fused-ring (bicyclic) bond motifs is 1. The van der Waals surface area contributed by atoms with Crippen LogP contribution in [0.2, 0.25) is 0 Å². The Labute approximate surface area is 103 Å². The van der Waals surface area contributed by atoms with Crippen LogP contribution >= 0.6 is 0 Å². The molecule has 1 aromatic rings. The number of ether oxygens (including phenoxy) is 1.